The smallest absolute Gasteiger partial charge is 0.309 e. The Morgan fingerprint density at radius 3 is 2.36 bits per heavy atom. The van der Waals surface area contributed by atoms with E-state index in [0.29, 0.717) is 19.0 Å². The normalized spacial score (nSPS) is 11.7. The summed E-state index contributed by atoms with van der Waals surface area (Å²) in [5, 5.41) is 5.40. The van der Waals surface area contributed by atoms with Gasteiger partial charge in [-0.2, -0.15) is 0 Å². The highest BCUT2D eigenvalue weighted by Crippen LogP contribution is 2.10. The number of carbonyl (C=O) groups excluding carboxylic acids is 2. The first-order valence-electron chi connectivity index (χ1n) is 8.27. The molecule has 0 heterocycles. The summed E-state index contributed by atoms with van der Waals surface area (Å²) in [5.41, 5.74) is 1.15. The lowest BCUT2D eigenvalue weighted by Gasteiger charge is -2.15. The van der Waals surface area contributed by atoms with Gasteiger partial charge in [0.2, 0.25) is 0 Å². The molecule has 0 radical (unpaired) electrons. The Morgan fingerprint density at radius 1 is 1.05 bits per heavy atom. The molecule has 1 aromatic rings. The Morgan fingerprint density at radius 2 is 1.73 bits per heavy atom. The van der Waals surface area contributed by atoms with E-state index in [1.165, 1.54) is 0 Å². The second-order valence-corrected chi connectivity index (χ2v) is 5.62. The third kappa shape index (κ3) is 7.25. The summed E-state index contributed by atoms with van der Waals surface area (Å²) in [6.07, 6.45) is 5.18. The van der Waals surface area contributed by atoms with Gasteiger partial charge in [0.15, 0.2) is 0 Å². The molecule has 0 aliphatic heterocycles. The Balaban J connectivity index is 2.22. The molecule has 2 N–H and O–H groups in total. The molecule has 0 aliphatic carbocycles. The van der Waals surface area contributed by atoms with E-state index in [-0.39, 0.29) is 0 Å². The summed E-state index contributed by atoms with van der Waals surface area (Å²) < 4.78 is 0. The molecular formula is C18H28N2O2. The highest BCUT2D eigenvalue weighted by atomic mass is 16.2. The molecule has 4 nitrogen and oxygen atoms in total. The minimum absolute atomic E-state index is 0.459. The number of carbonyl (C=O) groups is 2. The number of rotatable bonds is 9. The van der Waals surface area contributed by atoms with Crippen LogP contribution in [0.4, 0.5) is 0 Å². The van der Waals surface area contributed by atoms with Gasteiger partial charge in [-0.15, -0.1) is 0 Å². The van der Waals surface area contributed by atoms with Crippen molar-refractivity contribution < 1.29 is 9.59 Å². The first kappa shape index (κ1) is 18.2. The van der Waals surface area contributed by atoms with Crippen molar-refractivity contribution in [3.05, 3.63) is 35.9 Å². The molecule has 0 aliphatic rings. The van der Waals surface area contributed by atoms with E-state index in [2.05, 4.69) is 24.5 Å². The van der Waals surface area contributed by atoms with Crippen LogP contribution in [0.5, 0.6) is 0 Å². The van der Waals surface area contributed by atoms with Gasteiger partial charge in [0.1, 0.15) is 0 Å². The summed E-state index contributed by atoms with van der Waals surface area (Å²) >= 11 is 0. The zero-order valence-electron chi connectivity index (χ0n) is 13.7. The van der Waals surface area contributed by atoms with Crippen molar-refractivity contribution in [2.24, 2.45) is 5.92 Å². The van der Waals surface area contributed by atoms with Crippen LogP contribution in [-0.2, 0) is 16.0 Å². The van der Waals surface area contributed by atoms with Gasteiger partial charge in [-0.3, -0.25) is 9.59 Å². The molecule has 122 valence electrons. The third-order valence-corrected chi connectivity index (χ3v) is 3.84. The third-order valence-electron chi connectivity index (χ3n) is 3.84. The molecule has 0 saturated heterocycles. The predicted octanol–water partition coefficient (Wildman–Crippen LogP) is 2.68. The van der Waals surface area contributed by atoms with E-state index in [0.717, 1.165) is 37.7 Å². The maximum Gasteiger partial charge on any atom is 0.309 e. The zero-order chi connectivity index (χ0) is 16.2. The molecule has 0 spiro atoms. The minimum Gasteiger partial charge on any atom is -0.348 e. The van der Waals surface area contributed by atoms with E-state index in [1.807, 2.05) is 30.3 Å². The van der Waals surface area contributed by atoms with Gasteiger partial charge in [0.05, 0.1) is 0 Å². The van der Waals surface area contributed by atoms with E-state index in [9.17, 15) is 9.59 Å². The molecule has 0 aromatic heterocycles. The van der Waals surface area contributed by atoms with Crippen LogP contribution in [0.3, 0.4) is 0 Å². The van der Waals surface area contributed by atoms with Crippen LogP contribution in [0.25, 0.3) is 0 Å². The van der Waals surface area contributed by atoms with Crippen molar-refractivity contribution >= 4 is 11.8 Å². The molecular weight excluding hydrogens is 276 g/mol. The van der Waals surface area contributed by atoms with Crippen LogP contribution in [0.1, 0.15) is 45.1 Å². The van der Waals surface area contributed by atoms with Gasteiger partial charge in [-0.1, -0.05) is 63.4 Å². The quantitative estimate of drug-likeness (QED) is 0.689. The Kier molecular flexibility index (Phi) is 8.96. The van der Waals surface area contributed by atoms with Crippen molar-refractivity contribution in [2.45, 2.75) is 46.0 Å². The number of amides is 2. The number of nitrogens with one attached hydrogen (secondary N) is 2. The second-order valence-electron chi connectivity index (χ2n) is 5.62. The highest BCUT2D eigenvalue weighted by molar-refractivity contribution is 6.35. The van der Waals surface area contributed by atoms with Crippen molar-refractivity contribution in [3.63, 3.8) is 0 Å². The molecule has 0 bridgehead atoms. The first-order valence-corrected chi connectivity index (χ1v) is 8.27. The predicted molar refractivity (Wildman–Crippen MR) is 89.5 cm³/mol. The van der Waals surface area contributed by atoms with Gasteiger partial charge < -0.3 is 10.6 Å². The summed E-state index contributed by atoms with van der Waals surface area (Å²) in [4.78, 5) is 23.5. The number of hydrogen-bond acceptors (Lipinski definition) is 2. The molecule has 0 fully saturated rings. The molecule has 0 unspecified atom stereocenters. The summed E-state index contributed by atoms with van der Waals surface area (Å²) in [6, 6.07) is 9.89. The van der Waals surface area contributed by atoms with Crippen LogP contribution in [0.2, 0.25) is 0 Å². The number of benzene rings is 1. The van der Waals surface area contributed by atoms with Crippen LogP contribution < -0.4 is 10.6 Å². The average molecular weight is 304 g/mol. The van der Waals surface area contributed by atoms with E-state index in [4.69, 9.17) is 0 Å². The minimum atomic E-state index is -0.540. The molecule has 1 rings (SSSR count). The fraction of sp³-hybridized carbons (Fsp3) is 0.556. The highest BCUT2D eigenvalue weighted by Gasteiger charge is 2.14. The lowest BCUT2D eigenvalue weighted by Crippen LogP contribution is -2.42. The van der Waals surface area contributed by atoms with Gasteiger partial charge >= 0.3 is 11.8 Å². The number of unbranched alkanes of at least 4 members (excludes halogenated alkanes) is 1. The zero-order valence-corrected chi connectivity index (χ0v) is 13.7. The van der Waals surface area contributed by atoms with Gasteiger partial charge in [0.25, 0.3) is 0 Å². The lowest BCUT2D eigenvalue weighted by molar-refractivity contribution is -0.139. The molecule has 2 amide bonds. The van der Waals surface area contributed by atoms with Crippen LogP contribution in [0, 0.1) is 5.92 Å². The van der Waals surface area contributed by atoms with E-state index < -0.39 is 11.8 Å². The van der Waals surface area contributed by atoms with Crippen molar-refractivity contribution in [2.75, 3.05) is 13.1 Å². The maximum atomic E-state index is 11.8. The van der Waals surface area contributed by atoms with Gasteiger partial charge in [-0.25, -0.2) is 0 Å². The van der Waals surface area contributed by atoms with E-state index in [1.54, 1.807) is 0 Å². The Bertz CT molecular complexity index is 446. The standard InChI is InChI=1S/C18H28N2O2/c1-3-5-9-15(4-2)14-20-18(22)17(21)19-13-12-16-10-7-6-8-11-16/h6-8,10-11,15H,3-5,9,12-14H2,1-2H3,(H,19,21)(H,20,22)/t15-/m1/s1. The maximum absolute atomic E-state index is 11.8. The average Bonchev–Trinajstić information content (AvgIpc) is 2.55. The van der Waals surface area contributed by atoms with E-state index >= 15 is 0 Å². The second kappa shape index (κ2) is 10.8. The monoisotopic (exact) mass is 304 g/mol. The van der Waals surface area contributed by atoms with Crippen LogP contribution in [-0.4, -0.2) is 24.9 Å². The number of hydrogen-bond donors (Lipinski definition) is 2. The molecule has 0 saturated carbocycles. The Labute approximate surface area is 133 Å². The van der Waals surface area contributed by atoms with Crippen molar-refractivity contribution in [1.82, 2.24) is 10.6 Å². The summed E-state index contributed by atoms with van der Waals surface area (Å²) in [7, 11) is 0. The van der Waals surface area contributed by atoms with Gasteiger partial charge in [-0.05, 0) is 24.3 Å². The lowest BCUT2D eigenvalue weighted by atomic mass is 9.99. The van der Waals surface area contributed by atoms with Crippen molar-refractivity contribution in [1.29, 1.82) is 0 Å². The summed E-state index contributed by atoms with van der Waals surface area (Å²) in [5.74, 6) is -0.606. The van der Waals surface area contributed by atoms with Crippen LogP contribution in [0.15, 0.2) is 30.3 Å². The SMILES string of the molecule is CCCC[C@@H](CC)CNC(=O)C(=O)NCCc1ccccc1. The fourth-order valence-electron chi connectivity index (χ4n) is 2.31. The molecule has 22 heavy (non-hydrogen) atoms. The fourth-order valence-corrected chi connectivity index (χ4v) is 2.31. The topological polar surface area (TPSA) is 58.2 Å². The first-order chi connectivity index (χ1) is 10.7. The summed E-state index contributed by atoms with van der Waals surface area (Å²) in [6.45, 7) is 5.34. The Hall–Kier alpha value is -1.84. The molecule has 1 atom stereocenters. The van der Waals surface area contributed by atoms with Crippen LogP contribution >= 0.6 is 0 Å². The van der Waals surface area contributed by atoms with Gasteiger partial charge in [0, 0.05) is 13.1 Å². The largest absolute Gasteiger partial charge is 0.348 e. The molecule has 4 heteroatoms. The van der Waals surface area contributed by atoms with Crippen molar-refractivity contribution in [3.8, 4) is 0 Å². The molecule has 1 aromatic carbocycles.